The summed E-state index contributed by atoms with van der Waals surface area (Å²) in [7, 11) is -3.70. The number of rotatable bonds is 4. The highest BCUT2D eigenvalue weighted by Crippen LogP contribution is 2.27. The van der Waals surface area contributed by atoms with Crippen LogP contribution in [0.2, 0.25) is 0 Å². The molecule has 0 aromatic carbocycles. The molecule has 0 bridgehead atoms. The van der Waals surface area contributed by atoms with E-state index in [1.54, 1.807) is 0 Å². The van der Waals surface area contributed by atoms with E-state index >= 15 is 0 Å². The van der Waals surface area contributed by atoms with Crippen molar-refractivity contribution in [3.63, 3.8) is 0 Å². The van der Waals surface area contributed by atoms with Gasteiger partial charge in [0.15, 0.2) is 0 Å². The molecule has 1 fully saturated rings. The lowest BCUT2D eigenvalue weighted by molar-refractivity contribution is 0.327. The van der Waals surface area contributed by atoms with Crippen LogP contribution < -0.4 is 5.14 Å². The molecule has 2 aromatic heterocycles. The number of sulfonamides is 1. The van der Waals surface area contributed by atoms with E-state index in [9.17, 15) is 8.42 Å². The Morgan fingerprint density at radius 2 is 2.05 bits per heavy atom. The van der Waals surface area contributed by atoms with Crippen molar-refractivity contribution in [1.82, 2.24) is 19.6 Å². The van der Waals surface area contributed by atoms with Crippen molar-refractivity contribution in [3.05, 3.63) is 30.4 Å². The lowest BCUT2D eigenvalue weighted by Gasteiger charge is -2.21. The molecule has 0 radical (unpaired) electrons. The van der Waals surface area contributed by atoms with Gasteiger partial charge in [-0.15, -0.1) is 0 Å². The number of nitrogens with zero attached hydrogens (tertiary/aromatic N) is 4. The predicted octanol–water partition coefficient (Wildman–Crippen LogP) is 1.28. The molecule has 0 aliphatic heterocycles. The third-order valence-electron chi connectivity index (χ3n) is 3.87. The summed E-state index contributed by atoms with van der Waals surface area (Å²) >= 11 is 0. The Labute approximate surface area is 123 Å². The Kier molecular flexibility index (Phi) is 3.81. The van der Waals surface area contributed by atoms with Crippen LogP contribution in [0.25, 0.3) is 0 Å². The molecular weight excluding hydrogens is 290 g/mol. The minimum absolute atomic E-state index is 0.0224. The van der Waals surface area contributed by atoms with E-state index in [0.29, 0.717) is 12.6 Å². The molecule has 1 aliphatic rings. The van der Waals surface area contributed by atoms with E-state index in [4.69, 9.17) is 5.14 Å². The standard InChI is InChI=1S/C13H19N5O2S/c14-21(19,20)13-8-15-17(10-13)9-11-6-7-18(16-11)12-4-2-1-3-5-12/h6-8,10,12H,1-5,9H2,(H2,14,19,20). The van der Waals surface area contributed by atoms with E-state index in [1.165, 1.54) is 49.2 Å². The van der Waals surface area contributed by atoms with E-state index in [-0.39, 0.29) is 4.90 Å². The fourth-order valence-corrected chi connectivity index (χ4v) is 3.22. The summed E-state index contributed by atoms with van der Waals surface area (Å²) in [6, 6.07) is 2.44. The Balaban J connectivity index is 1.71. The quantitative estimate of drug-likeness (QED) is 0.920. The minimum Gasteiger partial charge on any atom is -0.269 e. The third-order valence-corrected chi connectivity index (χ3v) is 4.74. The predicted molar refractivity (Wildman–Crippen MR) is 77.1 cm³/mol. The Morgan fingerprint density at radius 3 is 2.71 bits per heavy atom. The number of hydrogen-bond donors (Lipinski definition) is 1. The summed E-state index contributed by atoms with van der Waals surface area (Å²) in [5.41, 5.74) is 0.865. The molecule has 1 aliphatic carbocycles. The third kappa shape index (κ3) is 3.33. The molecule has 8 heteroatoms. The van der Waals surface area contributed by atoms with Crippen LogP contribution in [0.3, 0.4) is 0 Å². The number of aromatic nitrogens is 4. The van der Waals surface area contributed by atoms with Crippen LogP contribution in [-0.4, -0.2) is 28.0 Å². The van der Waals surface area contributed by atoms with Gasteiger partial charge in [-0.1, -0.05) is 19.3 Å². The van der Waals surface area contributed by atoms with E-state index < -0.39 is 10.0 Å². The molecule has 2 heterocycles. The Bertz CT molecular complexity index is 713. The maximum Gasteiger partial charge on any atom is 0.241 e. The number of nitrogens with two attached hydrogens (primary N) is 1. The molecule has 3 rings (SSSR count). The zero-order valence-electron chi connectivity index (χ0n) is 11.7. The van der Waals surface area contributed by atoms with Crippen LogP contribution in [0.4, 0.5) is 0 Å². The van der Waals surface area contributed by atoms with E-state index in [0.717, 1.165) is 5.69 Å². The molecule has 7 nitrogen and oxygen atoms in total. The van der Waals surface area contributed by atoms with E-state index in [2.05, 4.69) is 10.2 Å². The molecule has 0 spiro atoms. The Morgan fingerprint density at radius 1 is 1.29 bits per heavy atom. The second-order valence-corrected chi connectivity index (χ2v) is 7.06. The van der Waals surface area contributed by atoms with Gasteiger partial charge in [-0.05, 0) is 18.9 Å². The van der Waals surface area contributed by atoms with Gasteiger partial charge in [0.05, 0.1) is 24.5 Å². The summed E-state index contributed by atoms with van der Waals surface area (Å²) in [5.74, 6) is 0. The molecule has 0 unspecified atom stereocenters. The molecular formula is C13H19N5O2S. The van der Waals surface area contributed by atoms with Crippen molar-refractivity contribution in [2.45, 2.75) is 49.6 Å². The zero-order chi connectivity index (χ0) is 14.9. The van der Waals surface area contributed by atoms with Gasteiger partial charge in [0, 0.05) is 12.4 Å². The largest absolute Gasteiger partial charge is 0.269 e. The molecule has 0 atom stereocenters. The normalized spacial score (nSPS) is 17.2. The molecule has 1 saturated carbocycles. The van der Waals surface area contributed by atoms with Crippen molar-refractivity contribution in [2.24, 2.45) is 5.14 Å². The first kappa shape index (κ1) is 14.3. The lowest BCUT2D eigenvalue weighted by Crippen LogP contribution is -2.14. The van der Waals surface area contributed by atoms with Gasteiger partial charge in [-0.3, -0.25) is 9.36 Å². The first-order chi connectivity index (χ1) is 10.0. The maximum absolute atomic E-state index is 11.2. The van der Waals surface area contributed by atoms with E-state index in [1.807, 2.05) is 16.9 Å². The highest BCUT2D eigenvalue weighted by molar-refractivity contribution is 7.89. The van der Waals surface area contributed by atoms with Gasteiger partial charge >= 0.3 is 0 Å². The van der Waals surface area contributed by atoms with Crippen molar-refractivity contribution in [1.29, 1.82) is 0 Å². The summed E-state index contributed by atoms with van der Waals surface area (Å²) < 4.78 is 26.0. The van der Waals surface area contributed by atoms with Gasteiger partial charge in [0.25, 0.3) is 0 Å². The van der Waals surface area contributed by atoms with Gasteiger partial charge < -0.3 is 0 Å². The van der Waals surface area contributed by atoms with Crippen molar-refractivity contribution < 1.29 is 8.42 Å². The molecule has 2 aromatic rings. The fraction of sp³-hybridized carbons (Fsp3) is 0.538. The Hall–Kier alpha value is -1.67. The molecule has 2 N–H and O–H groups in total. The van der Waals surface area contributed by atoms with Crippen LogP contribution in [0, 0.1) is 0 Å². The maximum atomic E-state index is 11.2. The van der Waals surface area contributed by atoms with Crippen LogP contribution in [0.5, 0.6) is 0 Å². The summed E-state index contributed by atoms with van der Waals surface area (Å²) in [5, 5.41) is 13.6. The molecule has 0 saturated heterocycles. The average Bonchev–Trinajstić information content (AvgIpc) is 3.09. The van der Waals surface area contributed by atoms with Gasteiger partial charge in [0.1, 0.15) is 4.90 Å². The zero-order valence-corrected chi connectivity index (χ0v) is 12.5. The molecule has 21 heavy (non-hydrogen) atoms. The highest BCUT2D eigenvalue weighted by Gasteiger charge is 2.16. The van der Waals surface area contributed by atoms with Crippen molar-refractivity contribution in [3.8, 4) is 0 Å². The summed E-state index contributed by atoms with van der Waals surface area (Å²) in [4.78, 5) is 0.0224. The molecule has 114 valence electrons. The lowest BCUT2D eigenvalue weighted by atomic mass is 9.96. The number of hydrogen-bond acceptors (Lipinski definition) is 4. The van der Waals surface area contributed by atoms with Crippen molar-refractivity contribution >= 4 is 10.0 Å². The SMILES string of the molecule is NS(=O)(=O)c1cnn(Cc2ccn(C3CCCCC3)n2)c1. The average molecular weight is 309 g/mol. The van der Waals surface area contributed by atoms with Crippen LogP contribution in [0.15, 0.2) is 29.6 Å². The van der Waals surface area contributed by atoms with Crippen LogP contribution in [-0.2, 0) is 16.6 Å². The second kappa shape index (κ2) is 5.61. The van der Waals surface area contributed by atoms with Gasteiger partial charge in [-0.2, -0.15) is 10.2 Å². The summed E-state index contributed by atoms with van der Waals surface area (Å²) in [6.07, 6.45) is 10.9. The molecule has 0 amide bonds. The van der Waals surface area contributed by atoms with Crippen LogP contribution in [0.1, 0.15) is 43.8 Å². The topological polar surface area (TPSA) is 95.8 Å². The van der Waals surface area contributed by atoms with Gasteiger partial charge in [0.2, 0.25) is 10.0 Å². The first-order valence-corrected chi connectivity index (χ1v) is 8.66. The second-order valence-electron chi connectivity index (χ2n) is 5.50. The monoisotopic (exact) mass is 309 g/mol. The fourth-order valence-electron chi connectivity index (χ4n) is 2.75. The smallest absolute Gasteiger partial charge is 0.241 e. The number of primary sulfonamides is 1. The van der Waals surface area contributed by atoms with Crippen molar-refractivity contribution in [2.75, 3.05) is 0 Å². The minimum atomic E-state index is -3.70. The van der Waals surface area contributed by atoms with Gasteiger partial charge in [-0.25, -0.2) is 13.6 Å². The summed E-state index contributed by atoms with van der Waals surface area (Å²) in [6.45, 7) is 0.440. The highest BCUT2D eigenvalue weighted by atomic mass is 32.2. The van der Waals surface area contributed by atoms with Crippen LogP contribution >= 0.6 is 0 Å². The first-order valence-electron chi connectivity index (χ1n) is 7.12.